The van der Waals surface area contributed by atoms with Crippen LogP contribution in [0.15, 0.2) is 6.20 Å². The van der Waals surface area contributed by atoms with Gasteiger partial charge in [0, 0.05) is 24.6 Å². The summed E-state index contributed by atoms with van der Waals surface area (Å²) in [4.78, 5) is 0. The summed E-state index contributed by atoms with van der Waals surface area (Å²) in [5.41, 5.74) is 3.06. The average molecular weight is 457 g/mol. The number of ether oxygens (including phenoxy) is 2. The van der Waals surface area contributed by atoms with Crippen LogP contribution in [0.3, 0.4) is 0 Å². The van der Waals surface area contributed by atoms with Crippen molar-refractivity contribution in [3.05, 3.63) is 17.5 Å². The van der Waals surface area contributed by atoms with Gasteiger partial charge in [-0.15, -0.1) is 0 Å². The van der Waals surface area contributed by atoms with Gasteiger partial charge in [-0.05, 0) is 90.4 Å². The third-order valence-electron chi connectivity index (χ3n) is 11.8. The number of aromatic amines is 1. The van der Waals surface area contributed by atoms with E-state index in [-0.39, 0.29) is 17.8 Å². The van der Waals surface area contributed by atoms with E-state index in [4.69, 9.17) is 9.47 Å². The number of aliphatic hydroxyl groups is 1. The Morgan fingerprint density at radius 2 is 1.94 bits per heavy atom. The number of fused-ring (bicyclic) bond motifs is 4. The van der Waals surface area contributed by atoms with Crippen LogP contribution in [-0.4, -0.2) is 40.4 Å². The monoisotopic (exact) mass is 456 g/mol. The second-order valence-corrected chi connectivity index (χ2v) is 13.2. The molecule has 0 aromatic carbocycles. The summed E-state index contributed by atoms with van der Waals surface area (Å²) in [7, 11) is 0. The highest BCUT2D eigenvalue weighted by molar-refractivity contribution is 5.25. The summed E-state index contributed by atoms with van der Waals surface area (Å²) in [6.07, 6.45) is 10.3. The van der Waals surface area contributed by atoms with E-state index in [0.717, 1.165) is 25.9 Å². The largest absolute Gasteiger partial charge is 0.396 e. The van der Waals surface area contributed by atoms with Gasteiger partial charge in [0.15, 0.2) is 5.79 Å². The molecule has 2 N–H and O–H groups in total. The van der Waals surface area contributed by atoms with E-state index >= 15 is 0 Å². The van der Waals surface area contributed by atoms with E-state index in [0.29, 0.717) is 52.9 Å². The maximum Gasteiger partial charge on any atom is 0.171 e. The van der Waals surface area contributed by atoms with Crippen molar-refractivity contribution in [2.24, 2.45) is 52.3 Å². The molecule has 5 nitrogen and oxygen atoms in total. The highest BCUT2D eigenvalue weighted by Crippen LogP contribution is 2.68. The summed E-state index contributed by atoms with van der Waals surface area (Å²) < 4.78 is 13.4. The minimum Gasteiger partial charge on any atom is -0.396 e. The van der Waals surface area contributed by atoms with Crippen LogP contribution < -0.4 is 0 Å². The number of hydrogen-bond donors (Lipinski definition) is 2. The predicted octanol–water partition coefficient (Wildman–Crippen LogP) is 4.99. The quantitative estimate of drug-likeness (QED) is 0.658. The maximum atomic E-state index is 10.4. The molecule has 3 aliphatic carbocycles. The molecule has 2 saturated carbocycles. The van der Waals surface area contributed by atoms with Crippen molar-refractivity contribution in [3.63, 3.8) is 0 Å². The molecule has 2 aliphatic heterocycles. The molecule has 1 unspecified atom stereocenters. The molecule has 6 rings (SSSR count). The highest BCUT2D eigenvalue weighted by atomic mass is 16.7. The van der Waals surface area contributed by atoms with E-state index in [2.05, 4.69) is 44.8 Å². The van der Waals surface area contributed by atoms with E-state index in [9.17, 15) is 5.11 Å². The van der Waals surface area contributed by atoms with Crippen molar-refractivity contribution >= 4 is 0 Å². The van der Waals surface area contributed by atoms with Crippen LogP contribution in [-0.2, 0) is 22.3 Å². The predicted molar refractivity (Wildman–Crippen MR) is 127 cm³/mol. The van der Waals surface area contributed by atoms with Crippen LogP contribution in [0, 0.1) is 52.3 Å². The summed E-state index contributed by atoms with van der Waals surface area (Å²) in [5.74, 6) is 3.66. The Bertz CT molecular complexity index is 891. The van der Waals surface area contributed by atoms with Gasteiger partial charge >= 0.3 is 0 Å². The zero-order valence-corrected chi connectivity index (χ0v) is 21.3. The van der Waals surface area contributed by atoms with Crippen molar-refractivity contribution in [2.45, 2.75) is 91.5 Å². The Morgan fingerprint density at radius 3 is 2.67 bits per heavy atom. The second-order valence-electron chi connectivity index (χ2n) is 13.2. The molecule has 1 aromatic heterocycles. The lowest BCUT2D eigenvalue weighted by molar-refractivity contribution is -0.272. The SMILES string of the molecule is CC1CC[C@@]2(OC1)O[C@H]1C[C@H]3[C@H](C)[C@@H]([C@@]4(C)Cc5cn[nH]c5C[C@@H]4CO)CC[C@]3(C)[C@H]1[C@@H]2C. The fraction of sp³-hybridized carbons (Fsp3) is 0.893. The molecule has 1 spiro atoms. The van der Waals surface area contributed by atoms with Gasteiger partial charge in [0.05, 0.1) is 18.9 Å². The van der Waals surface area contributed by atoms with Crippen LogP contribution in [0.1, 0.15) is 78.0 Å². The molecule has 11 atom stereocenters. The van der Waals surface area contributed by atoms with Crippen molar-refractivity contribution < 1.29 is 14.6 Å². The van der Waals surface area contributed by atoms with Gasteiger partial charge in [0.25, 0.3) is 0 Å². The molecule has 2 saturated heterocycles. The van der Waals surface area contributed by atoms with Crippen molar-refractivity contribution in [1.82, 2.24) is 10.2 Å². The topological polar surface area (TPSA) is 67.4 Å². The Balaban J connectivity index is 1.26. The Morgan fingerprint density at radius 1 is 1.12 bits per heavy atom. The van der Waals surface area contributed by atoms with E-state index in [1.165, 1.54) is 36.9 Å². The number of nitrogens with one attached hydrogen (secondary N) is 1. The number of rotatable bonds is 2. The first-order valence-corrected chi connectivity index (χ1v) is 13.7. The number of nitrogens with zero attached hydrogens (tertiary/aromatic N) is 1. The van der Waals surface area contributed by atoms with Gasteiger partial charge < -0.3 is 14.6 Å². The van der Waals surface area contributed by atoms with Crippen LogP contribution in [0.25, 0.3) is 0 Å². The average Bonchev–Trinajstić information content (AvgIpc) is 3.43. The Labute approximate surface area is 199 Å². The van der Waals surface area contributed by atoms with Crippen molar-refractivity contribution in [2.75, 3.05) is 13.2 Å². The maximum absolute atomic E-state index is 10.4. The van der Waals surface area contributed by atoms with Crippen molar-refractivity contribution in [3.8, 4) is 0 Å². The first kappa shape index (κ1) is 22.5. The van der Waals surface area contributed by atoms with E-state index in [1.807, 2.05) is 6.20 Å². The van der Waals surface area contributed by atoms with E-state index in [1.54, 1.807) is 0 Å². The molecule has 4 fully saturated rings. The molecule has 5 aliphatic rings. The number of H-pyrrole nitrogens is 1. The minimum absolute atomic E-state index is 0.125. The zero-order valence-electron chi connectivity index (χ0n) is 21.3. The van der Waals surface area contributed by atoms with Crippen molar-refractivity contribution in [1.29, 1.82) is 0 Å². The Kier molecular flexibility index (Phi) is 5.15. The summed E-state index contributed by atoms with van der Waals surface area (Å²) >= 11 is 0. The summed E-state index contributed by atoms with van der Waals surface area (Å²) in [5, 5.41) is 17.9. The molecule has 5 heteroatoms. The van der Waals surface area contributed by atoms with Crippen LogP contribution in [0.4, 0.5) is 0 Å². The van der Waals surface area contributed by atoms with Crippen LogP contribution in [0.5, 0.6) is 0 Å². The molecule has 184 valence electrons. The highest BCUT2D eigenvalue weighted by Gasteiger charge is 2.68. The molecule has 0 bridgehead atoms. The molecular weight excluding hydrogens is 412 g/mol. The van der Waals surface area contributed by atoms with Gasteiger partial charge in [0.2, 0.25) is 0 Å². The van der Waals surface area contributed by atoms with E-state index < -0.39 is 0 Å². The van der Waals surface area contributed by atoms with Gasteiger partial charge in [-0.25, -0.2) is 0 Å². The zero-order chi connectivity index (χ0) is 23.2. The standard InChI is InChI=1S/C28H44N2O3/c1-16-6-9-28(32-15-16)18(3)25-24(33-28)11-22-17(2)21(7-8-26(22,25)4)27(5)12-19-13-29-30-23(19)10-20(27)14-31/h13,16-18,20-22,24-25,31H,6-12,14-15H2,1-5H3,(H,29,30)/t16?,17-,18+,20-,21+,22+,24+,25+,26+,27+,28-/m1/s1. The third kappa shape index (κ3) is 3.04. The molecule has 0 amide bonds. The van der Waals surface area contributed by atoms with Crippen LogP contribution in [0.2, 0.25) is 0 Å². The van der Waals surface area contributed by atoms with Gasteiger partial charge in [-0.1, -0.05) is 34.6 Å². The summed E-state index contributed by atoms with van der Waals surface area (Å²) in [6, 6.07) is 0. The normalized spacial score (nSPS) is 53.6. The molecule has 3 heterocycles. The fourth-order valence-electron chi connectivity index (χ4n) is 9.84. The minimum atomic E-state index is -0.328. The molecule has 33 heavy (non-hydrogen) atoms. The number of hydrogen-bond acceptors (Lipinski definition) is 4. The lowest BCUT2D eigenvalue weighted by Crippen LogP contribution is -2.52. The second kappa shape index (κ2) is 7.54. The smallest absolute Gasteiger partial charge is 0.171 e. The fourth-order valence-corrected chi connectivity index (χ4v) is 9.84. The summed E-state index contributed by atoms with van der Waals surface area (Å²) in [6.45, 7) is 13.4. The first-order valence-electron chi connectivity index (χ1n) is 13.7. The Hall–Kier alpha value is -0.910. The first-order chi connectivity index (χ1) is 15.7. The lowest BCUT2D eigenvalue weighted by Gasteiger charge is -2.56. The molecule has 1 aromatic rings. The lowest BCUT2D eigenvalue weighted by atomic mass is 9.48. The van der Waals surface area contributed by atoms with Gasteiger partial charge in [0.1, 0.15) is 0 Å². The third-order valence-corrected chi connectivity index (χ3v) is 11.8. The molecular formula is C28H44N2O3. The number of aliphatic hydroxyl groups excluding tert-OH is 1. The van der Waals surface area contributed by atoms with Crippen LogP contribution >= 0.6 is 0 Å². The van der Waals surface area contributed by atoms with Gasteiger partial charge in [-0.3, -0.25) is 5.10 Å². The molecule has 0 radical (unpaired) electrons. The van der Waals surface area contributed by atoms with Gasteiger partial charge in [-0.2, -0.15) is 5.10 Å². The number of aromatic nitrogens is 2.